The van der Waals surface area contributed by atoms with Crippen LogP contribution in [-0.4, -0.2) is 25.0 Å². The van der Waals surface area contributed by atoms with E-state index in [1.807, 2.05) is 43.3 Å². The standard InChI is InChI=1S/C23H28N2O3/c1-4-16(3)17-6-8-19(9-7-17)24-23(27)18-14-22(26)25(15-18)20-10-12-21(13-11-20)28-5-2/h6-13,16,18H,4-5,14-15H2,1-3H3,(H,24,27)/t16-,18+/m1/s1. The zero-order chi connectivity index (χ0) is 20.1. The summed E-state index contributed by atoms with van der Waals surface area (Å²) in [4.78, 5) is 26.7. The van der Waals surface area contributed by atoms with Crippen molar-refractivity contribution in [2.45, 2.75) is 39.5 Å². The normalized spacial score (nSPS) is 17.5. The molecule has 1 heterocycles. The van der Waals surface area contributed by atoms with Gasteiger partial charge >= 0.3 is 0 Å². The van der Waals surface area contributed by atoms with Gasteiger partial charge in [0.2, 0.25) is 11.8 Å². The van der Waals surface area contributed by atoms with Crippen LogP contribution in [0.5, 0.6) is 5.75 Å². The predicted octanol–water partition coefficient (Wildman–Crippen LogP) is 4.59. The summed E-state index contributed by atoms with van der Waals surface area (Å²) in [5.74, 6) is 0.774. The third-order valence-electron chi connectivity index (χ3n) is 5.31. The van der Waals surface area contributed by atoms with E-state index >= 15 is 0 Å². The molecule has 28 heavy (non-hydrogen) atoms. The van der Waals surface area contributed by atoms with E-state index in [1.54, 1.807) is 4.90 Å². The fourth-order valence-electron chi connectivity index (χ4n) is 3.40. The summed E-state index contributed by atoms with van der Waals surface area (Å²) in [5.41, 5.74) is 2.82. The Morgan fingerprint density at radius 2 is 1.82 bits per heavy atom. The van der Waals surface area contributed by atoms with Gasteiger partial charge in [0.05, 0.1) is 12.5 Å². The Balaban J connectivity index is 1.61. The number of benzene rings is 2. The first-order chi connectivity index (χ1) is 13.5. The van der Waals surface area contributed by atoms with Crippen LogP contribution in [0.2, 0.25) is 0 Å². The van der Waals surface area contributed by atoms with Crippen LogP contribution in [-0.2, 0) is 9.59 Å². The second-order valence-corrected chi connectivity index (χ2v) is 7.25. The van der Waals surface area contributed by atoms with Gasteiger partial charge in [-0.15, -0.1) is 0 Å². The van der Waals surface area contributed by atoms with Crippen molar-refractivity contribution in [1.29, 1.82) is 0 Å². The van der Waals surface area contributed by atoms with E-state index in [0.717, 1.165) is 23.5 Å². The van der Waals surface area contributed by atoms with Gasteiger partial charge in [-0.05, 0) is 61.2 Å². The average molecular weight is 380 g/mol. The maximum absolute atomic E-state index is 12.6. The molecule has 1 fully saturated rings. The summed E-state index contributed by atoms with van der Waals surface area (Å²) in [5, 5.41) is 2.95. The van der Waals surface area contributed by atoms with Gasteiger partial charge in [-0.3, -0.25) is 9.59 Å². The maximum Gasteiger partial charge on any atom is 0.229 e. The number of carbonyl (C=O) groups excluding carboxylic acids is 2. The van der Waals surface area contributed by atoms with Gasteiger partial charge in [0.1, 0.15) is 5.75 Å². The van der Waals surface area contributed by atoms with Crippen LogP contribution in [0, 0.1) is 5.92 Å². The number of ether oxygens (including phenoxy) is 1. The van der Waals surface area contributed by atoms with Crippen molar-refractivity contribution in [1.82, 2.24) is 0 Å². The quantitative estimate of drug-likeness (QED) is 0.764. The minimum Gasteiger partial charge on any atom is -0.494 e. The van der Waals surface area contributed by atoms with Crippen LogP contribution < -0.4 is 15.0 Å². The van der Waals surface area contributed by atoms with Gasteiger partial charge in [-0.25, -0.2) is 0 Å². The molecule has 1 aliphatic rings. The van der Waals surface area contributed by atoms with Crippen LogP contribution in [0.15, 0.2) is 48.5 Å². The highest BCUT2D eigenvalue weighted by Gasteiger charge is 2.35. The lowest BCUT2D eigenvalue weighted by atomic mass is 9.98. The predicted molar refractivity (Wildman–Crippen MR) is 112 cm³/mol. The van der Waals surface area contributed by atoms with Crippen LogP contribution in [0.3, 0.4) is 0 Å². The fourth-order valence-corrected chi connectivity index (χ4v) is 3.40. The van der Waals surface area contributed by atoms with Crippen molar-refractivity contribution in [2.75, 3.05) is 23.4 Å². The van der Waals surface area contributed by atoms with Gasteiger partial charge < -0.3 is 15.0 Å². The van der Waals surface area contributed by atoms with Crippen LogP contribution in [0.25, 0.3) is 0 Å². The van der Waals surface area contributed by atoms with Gasteiger partial charge in [-0.2, -0.15) is 0 Å². The lowest BCUT2D eigenvalue weighted by Crippen LogP contribution is -2.28. The summed E-state index contributed by atoms with van der Waals surface area (Å²) >= 11 is 0. The number of rotatable bonds is 7. The third-order valence-corrected chi connectivity index (χ3v) is 5.31. The third kappa shape index (κ3) is 4.53. The Morgan fingerprint density at radius 1 is 1.14 bits per heavy atom. The average Bonchev–Trinajstić information content (AvgIpc) is 3.10. The van der Waals surface area contributed by atoms with Crippen molar-refractivity contribution in [2.24, 2.45) is 5.92 Å². The topological polar surface area (TPSA) is 58.6 Å². The molecule has 0 unspecified atom stereocenters. The Kier molecular flexibility index (Phi) is 6.34. The highest BCUT2D eigenvalue weighted by molar-refractivity contribution is 6.03. The van der Waals surface area contributed by atoms with E-state index in [-0.39, 0.29) is 24.2 Å². The first-order valence-electron chi connectivity index (χ1n) is 9.95. The first kappa shape index (κ1) is 19.9. The van der Waals surface area contributed by atoms with Crippen molar-refractivity contribution < 1.29 is 14.3 Å². The maximum atomic E-state index is 12.6. The molecule has 2 aromatic rings. The van der Waals surface area contributed by atoms with Crippen molar-refractivity contribution in [3.8, 4) is 5.75 Å². The molecule has 0 bridgehead atoms. The van der Waals surface area contributed by atoms with Crippen molar-refractivity contribution in [3.05, 3.63) is 54.1 Å². The van der Waals surface area contributed by atoms with E-state index in [1.165, 1.54) is 5.56 Å². The molecule has 5 heteroatoms. The molecule has 0 aromatic heterocycles. The molecule has 1 saturated heterocycles. The minimum atomic E-state index is -0.353. The fraction of sp³-hybridized carbons (Fsp3) is 0.391. The molecule has 148 valence electrons. The monoisotopic (exact) mass is 380 g/mol. The number of nitrogens with one attached hydrogen (secondary N) is 1. The highest BCUT2D eigenvalue weighted by atomic mass is 16.5. The Bertz CT molecular complexity index is 815. The van der Waals surface area contributed by atoms with E-state index in [9.17, 15) is 9.59 Å². The van der Waals surface area contributed by atoms with Crippen molar-refractivity contribution >= 4 is 23.2 Å². The number of carbonyl (C=O) groups is 2. The van der Waals surface area contributed by atoms with Gasteiger partial charge in [-0.1, -0.05) is 26.0 Å². The van der Waals surface area contributed by atoms with Gasteiger partial charge in [0.15, 0.2) is 0 Å². The van der Waals surface area contributed by atoms with Crippen LogP contribution in [0.4, 0.5) is 11.4 Å². The summed E-state index contributed by atoms with van der Waals surface area (Å²) in [6.07, 6.45) is 1.31. The van der Waals surface area contributed by atoms with Crippen molar-refractivity contribution in [3.63, 3.8) is 0 Å². The largest absolute Gasteiger partial charge is 0.494 e. The van der Waals surface area contributed by atoms with E-state index < -0.39 is 0 Å². The first-order valence-corrected chi connectivity index (χ1v) is 9.95. The molecule has 2 aromatic carbocycles. The molecular formula is C23H28N2O3. The number of hydrogen-bond acceptors (Lipinski definition) is 3. The number of nitrogens with zero attached hydrogens (tertiary/aromatic N) is 1. The number of anilines is 2. The Labute approximate surface area is 166 Å². The second-order valence-electron chi connectivity index (χ2n) is 7.25. The molecular weight excluding hydrogens is 352 g/mol. The molecule has 0 aliphatic carbocycles. The molecule has 2 atom stereocenters. The van der Waals surface area contributed by atoms with Gasteiger partial charge in [0.25, 0.3) is 0 Å². The summed E-state index contributed by atoms with van der Waals surface area (Å²) in [6.45, 7) is 7.27. The molecule has 1 N–H and O–H groups in total. The minimum absolute atomic E-state index is 0.0311. The zero-order valence-corrected chi connectivity index (χ0v) is 16.8. The van der Waals surface area contributed by atoms with Gasteiger partial charge in [0, 0.05) is 24.3 Å². The molecule has 5 nitrogen and oxygen atoms in total. The van der Waals surface area contributed by atoms with Crippen LogP contribution >= 0.6 is 0 Å². The summed E-state index contributed by atoms with van der Waals surface area (Å²) < 4.78 is 5.44. The summed E-state index contributed by atoms with van der Waals surface area (Å²) in [7, 11) is 0. The smallest absolute Gasteiger partial charge is 0.229 e. The number of hydrogen-bond donors (Lipinski definition) is 1. The van der Waals surface area contributed by atoms with Crippen LogP contribution in [0.1, 0.15) is 45.1 Å². The molecule has 0 radical (unpaired) electrons. The van der Waals surface area contributed by atoms with E-state index in [2.05, 4.69) is 31.3 Å². The molecule has 2 amide bonds. The lowest BCUT2D eigenvalue weighted by molar-refractivity contribution is -0.122. The molecule has 3 rings (SSSR count). The van der Waals surface area contributed by atoms with E-state index in [4.69, 9.17) is 4.74 Å². The molecule has 0 spiro atoms. The Hall–Kier alpha value is -2.82. The second kappa shape index (κ2) is 8.91. The molecule has 0 saturated carbocycles. The SMILES string of the molecule is CCOc1ccc(N2C[C@@H](C(=O)Nc3ccc([C@H](C)CC)cc3)CC2=O)cc1. The number of amides is 2. The summed E-state index contributed by atoms with van der Waals surface area (Å²) in [6, 6.07) is 15.4. The molecule has 1 aliphatic heterocycles. The lowest BCUT2D eigenvalue weighted by Gasteiger charge is -2.17. The zero-order valence-electron chi connectivity index (χ0n) is 16.8. The van der Waals surface area contributed by atoms with E-state index in [0.29, 0.717) is 19.1 Å². The Morgan fingerprint density at radius 3 is 2.43 bits per heavy atom. The highest BCUT2D eigenvalue weighted by Crippen LogP contribution is 2.28.